The Morgan fingerprint density at radius 2 is 1.76 bits per heavy atom. The molecule has 0 radical (unpaired) electrons. The molecule has 3 rings (SSSR count). The van der Waals surface area contributed by atoms with Crippen LogP contribution in [0.15, 0.2) is 54.6 Å². The topological polar surface area (TPSA) is 59.8 Å². The van der Waals surface area contributed by atoms with E-state index in [0.29, 0.717) is 37.2 Å². The van der Waals surface area contributed by atoms with E-state index in [1.807, 2.05) is 37.3 Å². The predicted octanol–water partition coefficient (Wildman–Crippen LogP) is 5.36. The minimum absolute atomic E-state index is 0.168. The normalized spacial score (nSPS) is 12.6. The second-order valence-corrected chi connectivity index (χ2v) is 9.28. The van der Waals surface area contributed by atoms with Gasteiger partial charge in [0.1, 0.15) is 11.6 Å². The number of aliphatic hydroxyl groups excluding tert-OH is 1. The van der Waals surface area contributed by atoms with Gasteiger partial charge in [-0.2, -0.15) is 5.10 Å². The molecule has 184 valence electrons. The number of halogens is 1. The summed E-state index contributed by atoms with van der Waals surface area (Å²) in [4.78, 5) is 2.17. The molecule has 1 heterocycles. The maximum atomic E-state index is 13.9. The molecule has 0 saturated heterocycles. The van der Waals surface area contributed by atoms with Crippen molar-refractivity contribution in [3.8, 4) is 17.3 Å². The van der Waals surface area contributed by atoms with E-state index in [9.17, 15) is 9.50 Å². The van der Waals surface area contributed by atoms with E-state index in [1.165, 1.54) is 12.1 Å². The molecule has 1 N–H and O–H groups in total. The van der Waals surface area contributed by atoms with Gasteiger partial charge in [0.15, 0.2) is 0 Å². The lowest BCUT2D eigenvalue weighted by molar-refractivity contribution is 0.00161. The molecule has 7 heteroatoms. The minimum Gasteiger partial charge on any atom is -0.438 e. The maximum Gasteiger partial charge on any atom is 0.227 e. The van der Waals surface area contributed by atoms with Gasteiger partial charge < -0.3 is 14.6 Å². The van der Waals surface area contributed by atoms with Crippen molar-refractivity contribution >= 4 is 0 Å². The second-order valence-electron chi connectivity index (χ2n) is 9.28. The van der Waals surface area contributed by atoms with E-state index in [4.69, 9.17) is 14.6 Å². The van der Waals surface area contributed by atoms with E-state index in [1.54, 1.807) is 16.8 Å². The van der Waals surface area contributed by atoms with Crippen molar-refractivity contribution in [1.29, 1.82) is 0 Å². The molecule has 1 aromatic heterocycles. The van der Waals surface area contributed by atoms with E-state index in [-0.39, 0.29) is 18.5 Å². The summed E-state index contributed by atoms with van der Waals surface area (Å²) in [6.45, 7) is 12.2. The van der Waals surface area contributed by atoms with Gasteiger partial charge in [-0.05, 0) is 51.0 Å². The predicted molar refractivity (Wildman–Crippen MR) is 132 cm³/mol. The highest BCUT2D eigenvalue weighted by Crippen LogP contribution is 2.32. The molecule has 0 bridgehead atoms. The lowest BCUT2D eigenvalue weighted by Gasteiger charge is -2.29. The summed E-state index contributed by atoms with van der Waals surface area (Å²) >= 11 is 0. The van der Waals surface area contributed by atoms with Crippen LogP contribution in [0, 0.1) is 18.7 Å². The molecule has 0 aliphatic rings. The molecule has 0 saturated carbocycles. The molecule has 0 aliphatic heterocycles. The summed E-state index contributed by atoms with van der Waals surface area (Å²) in [5, 5.41) is 15.3. The Morgan fingerprint density at radius 3 is 2.41 bits per heavy atom. The molecule has 1 atom stereocenters. The number of hydrogen-bond acceptors (Lipinski definition) is 5. The average molecular weight is 470 g/mol. The lowest BCUT2D eigenvalue weighted by atomic mass is 10.2. The molecule has 34 heavy (non-hydrogen) atoms. The number of ether oxygens (including phenoxy) is 2. The van der Waals surface area contributed by atoms with E-state index in [2.05, 4.69) is 32.6 Å². The number of para-hydroxylation sites is 1. The van der Waals surface area contributed by atoms with Crippen LogP contribution in [0.1, 0.15) is 39.0 Å². The number of aryl methyl sites for hydroxylation is 1. The van der Waals surface area contributed by atoms with Gasteiger partial charge in [0.2, 0.25) is 5.88 Å². The number of benzene rings is 2. The summed E-state index contributed by atoms with van der Waals surface area (Å²) in [5.41, 5.74) is 2.55. The first-order valence-corrected chi connectivity index (χ1v) is 11.8. The first kappa shape index (κ1) is 25.9. The highest BCUT2D eigenvalue weighted by molar-refractivity contribution is 5.43. The van der Waals surface area contributed by atoms with Crippen LogP contribution in [0.5, 0.6) is 11.6 Å². The highest BCUT2D eigenvalue weighted by Gasteiger charge is 2.24. The summed E-state index contributed by atoms with van der Waals surface area (Å²) in [6, 6.07) is 16.0. The van der Waals surface area contributed by atoms with Crippen LogP contribution in [0.4, 0.5) is 4.39 Å². The average Bonchev–Trinajstić information content (AvgIpc) is 3.08. The van der Waals surface area contributed by atoms with Gasteiger partial charge in [-0.15, -0.1) is 0 Å². The van der Waals surface area contributed by atoms with Crippen molar-refractivity contribution in [2.24, 2.45) is 5.92 Å². The van der Waals surface area contributed by atoms with E-state index >= 15 is 0 Å². The largest absolute Gasteiger partial charge is 0.438 e. The number of nitrogens with zero attached hydrogens (tertiary/aromatic N) is 3. The molecular weight excluding hydrogens is 433 g/mol. The number of hydrogen-bond donors (Lipinski definition) is 1. The Morgan fingerprint density at radius 1 is 1.03 bits per heavy atom. The molecule has 0 aliphatic carbocycles. The minimum atomic E-state index is -0.613. The quantitative estimate of drug-likeness (QED) is 0.387. The SMILES string of the molecule is Cc1nn(-c2ccccc2)c(Oc2cccc(F)c2)c1CN(C[C@H](O)COCC(C)C)C(C)C. The van der Waals surface area contributed by atoms with Gasteiger partial charge >= 0.3 is 0 Å². The standard InChI is InChI=1S/C27H36FN3O3/c1-19(2)17-33-18-24(32)15-30(20(3)4)16-26-21(5)29-31(23-11-7-6-8-12-23)27(26)34-25-13-9-10-22(28)14-25/h6-14,19-20,24,32H,15-18H2,1-5H3/t24-/m0/s1. The molecule has 0 amide bonds. The van der Waals surface area contributed by atoms with Crippen LogP contribution in [0.2, 0.25) is 0 Å². The molecule has 0 fully saturated rings. The summed E-state index contributed by atoms with van der Waals surface area (Å²) in [6.07, 6.45) is -0.613. The highest BCUT2D eigenvalue weighted by atomic mass is 19.1. The summed E-state index contributed by atoms with van der Waals surface area (Å²) < 4.78 is 27.5. The zero-order valence-corrected chi connectivity index (χ0v) is 20.7. The Bertz CT molecular complexity index is 1040. The lowest BCUT2D eigenvalue weighted by Crippen LogP contribution is -2.39. The van der Waals surface area contributed by atoms with Gasteiger partial charge in [-0.25, -0.2) is 9.07 Å². The zero-order chi connectivity index (χ0) is 24.7. The van der Waals surface area contributed by atoms with Crippen LogP contribution in [-0.2, 0) is 11.3 Å². The molecule has 6 nitrogen and oxygen atoms in total. The third-order valence-electron chi connectivity index (χ3n) is 5.45. The van der Waals surface area contributed by atoms with Gasteiger partial charge in [0.25, 0.3) is 0 Å². The summed E-state index contributed by atoms with van der Waals surface area (Å²) in [7, 11) is 0. The fourth-order valence-corrected chi connectivity index (χ4v) is 3.64. The molecular formula is C27H36FN3O3. The smallest absolute Gasteiger partial charge is 0.227 e. The van der Waals surface area contributed by atoms with Crippen molar-refractivity contribution in [3.63, 3.8) is 0 Å². The Balaban J connectivity index is 1.90. The fraction of sp³-hybridized carbons (Fsp3) is 0.444. The van der Waals surface area contributed by atoms with Crippen molar-refractivity contribution < 1.29 is 19.0 Å². The third kappa shape index (κ3) is 7.13. The van der Waals surface area contributed by atoms with Gasteiger partial charge in [0, 0.05) is 31.8 Å². The third-order valence-corrected chi connectivity index (χ3v) is 5.45. The van der Waals surface area contributed by atoms with Crippen molar-refractivity contribution in [3.05, 3.63) is 71.7 Å². The maximum absolute atomic E-state index is 13.9. The van der Waals surface area contributed by atoms with Gasteiger partial charge in [-0.3, -0.25) is 4.90 Å². The first-order valence-electron chi connectivity index (χ1n) is 11.8. The van der Waals surface area contributed by atoms with E-state index < -0.39 is 6.10 Å². The van der Waals surface area contributed by atoms with Crippen molar-refractivity contribution in [2.45, 2.75) is 53.3 Å². The zero-order valence-electron chi connectivity index (χ0n) is 20.7. The van der Waals surface area contributed by atoms with Crippen LogP contribution in [0.3, 0.4) is 0 Å². The summed E-state index contributed by atoms with van der Waals surface area (Å²) in [5.74, 6) is 0.985. The molecule has 0 spiro atoms. The molecule has 3 aromatic rings. The van der Waals surface area contributed by atoms with Crippen LogP contribution >= 0.6 is 0 Å². The fourth-order valence-electron chi connectivity index (χ4n) is 3.64. The van der Waals surface area contributed by atoms with E-state index in [0.717, 1.165) is 16.9 Å². The van der Waals surface area contributed by atoms with Crippen LogP contribution < -0.4 is 4.74 Å². The Hall–Kier alpha value is -2.74. The second kappa shape index (κ2) is 12.1. The molecule has 2 aromatic carbocycles. The monoisotopic (exact) mass is 469 g/mol. The first-order chi connectivity index (χ1) is 16.2. The molecule has 0 unspecified atom stereocenters. The van der Waals surface area contributed by atoms with Crippen LogP contribution in [-0.4, -0.2) is 51.7 Å². The van der Waals surface area contributed by atoms with Gasteiger partial charge in [0.05, 0.1) is 29.7 Å². The number of rotatable bonds is 12. The van der Waals surface area contributed by atoms with Gasteiger partial charge in [-0.1, -0.05) is 38.1 Å². The number of aliphatic hydroxyl groups is 1. The van der Waals surface area contributed by atoms with Crippen molar-refractivity contribution in [1.82, 2.24) is 14.7 Å². The number of aromatic nitrogens is 2. The van der Waals surface area contributed by atoms with Crippen LogP contribution in [0.25, 0.3) is 5.69 Å². The van der Waals surface area contributed by atoms with Crippen molar-refractivity contribution in [2.75, 3.05) is 19.8 Å². The Kier molecular flexibility index (Phi) is 9.21. The Labute approximate surface area is 201 Å².